The Morgan fingerprint density at radius 2 is 1.88 bits per heavy atom. The van der Waals surface area contributed by atoms with Crippen LogP contribution in [0.4, 0.5) is 0 Å². The van der Waals surface area contributed by atoms with Crippen molar-refractivity contribution in [2.75, 3.05) is 0 Å². The highest BCUT2D eigenvalue weighted by Crippen LogP contribution is 2.17. The molecule has 1 N–H and O–H groups in total. The van der Waals surface area contributed by atoms with Gasteiger partial charge in [0.05, 0.1) is 12.3 Å². The van der Waals surface area contributed by atoms with Gasteiger partial charge in [0, 0.05) is 17.3 Å². The molecular formula is C14H13NO2. The van der Waals surface area contributed by atoms with Gasteiger partial charge < -0.3 is 5.11 Å². The Balaban J connectivity index is 2.29. The molecule has 3 nitrogen and oxygen atoms in total. The zero-order valence-corrected chi connectivity index (χ0v) is 9.55. The number of benzene rings is 1. The summed E-state index contributed by atoms with van der Waals surface area (Å²) in [7, 11) is 0. The number of hydrogen-bond acceptors (Lipinski definition) is 3. The van der Waals surface area contributed by atoms with Crippen molar-refractivity contribution in [3.63, 3.8) is 0 Å². The van der Waals surface area contributed by atoms with Crippen molar-refractivity contribution in [1.82, 2.24) is 4.98 Å². The predicted molar refractivity (Wildman–Crippen MR) is 65.6 cm³/mol. The van der Waals surface area contributed by atoms with Gasteiger partial charge in [0.1, 0.15) is 0 Å². The minimum absolute atomic E-state index is 0.0136. The van der Waals surface area contributed by atoms with Crippen molar-refractivity contribution in [2.45, 2.75) is 13.5 Å². The van der Waals surface area contributed by atoms with Crippen LogP contribution in [0.15, 0.2) is 42.6 Å². The minimum atomic E-state index is 0.0136. The fraction of sp³-hybridized carbons (Fsp3) is 0.143. The van der Waals surface area contributed by atoms with Crippen LogP contribution >= 0.6 is 0 Å². The first-order valence-electron chi connectivity index (χ1n) is 5.38. The number of ketones is 1. The SMILES string of the molecule is CC(=O)c1ccc(-c2ccc(CO)cc2)nc1. The highest BCUT2D eigenvalue weighted by molar-refractivity contribution is 5.93. The zero-order valence-electron chi connectivity index (χ0n) is 9.55. The molecule has 0 saturated carbocycles. The van der Waals surface area contributed by atoms with Gasteiger partial charge in [0.15, 0.2) is 5.78 Å². The third-order valence-corrected chi connectivity index (χ3v) is 2.60. The van der Waals surface area contributed by atoms with Crippen LogP contribution in [-0.2, 0) is 6.61 Å². The maximum Gasteiger partial charge on any atom is 0.161 e. The van der Waals surface area contributed by atoms with E-state index >= 15 is 0 Å². The first-order valence-corrected chi connectivity index (χ1v) is 5.38. The Bertz CT molecular complexity index is 515. The standard InChI is InChI=1S/C14H13NO2/c1-10(17)13-6-7-14(15-8-13)12-4-2-11(9-16)3-5-12/h2-8,16H,9H2,1H3. The summed E-state index contributed by atoms with van der Waals surface area (Å²) >= 11 is 0. The van der Waals surface area contributed by atoms with Gasteiger partial charge in [-0.2, -0.15) is 0 Å². The Labute approximate surface area is 99.8 Å². The van der Waals surface area contributed by atoms with E-state index in [9.17, 15) is 4.79 Å². The van der Waals surface area contributed by atoms with Gasteiger partial charge in [-0.3, -0.25) is 9.78 Å². The molecule has 86 valence electrons. The maximum absolute atomic E-state index is 11.1. The van der Waals surface area contributed by atoms with Gasteiger partial charge in [-0.15, -0.1) is 0 Å². The highest BCUT2D eigenvalue weighted by Gasteiger charge is 2.02. The molecule has 3 heteroatoms. The first-order chi connectivity index (χ1) is 8.20. The minimum Gasteiger partial charge on any atom is -0.392 e. The van der Waals surface area contributed by atoms with Crippen LogP contribution in [0.2, 0.25) is 0 Å². The van der Waals surface area contributed by atoms with Crippen LogP contribution in [0.3, 0.4) is 0 Å². The summed E-state index contributed by atoms with van der Waals surface area (Å²) in [6, 6.07) is 11.1. The Morgan fingerprint density at radius 1 is 1.18 bits per heavy atom. The van der Waals surface area contributed by atoms with Gasteiger partial charge in [-0.25, -0.2) is 0 Å². The van der Waals surface area contributed by atoms with Crippen LogP contribution in [0.1, 0.15) is 22.8 Å². The zero-order chi connectivity index (χ0) is 12.3. The van der Waals surface area contributed by atoms with Crippen LogP contribution in [0.5, 0.6) is 0 Å². The number of carbonyl (C=O) groups excluding carboxylic acids is 1. The maximum atomic E-state index is 11.1. The van der Waals surface area contributed by atoms with E-state index < -0.39 is 0 Å². The van der Waals surface area contributed by atoms with Crippen molar-refractivity contribution < 1.29 is 9.90 Å². The molecule has 0 aliphatic heterocycles. The molecule has 0 bridgehead atoms. The van der Waals surface area contributed by atoms with Crippen molar-refractivity contribution in [3.05, 3.63) is 53.7 Å². The summed E-state index contributed by atoms with van der Waals surface area (Å²) < 4.78 is 0. The monoisotopic (exact) mass is 227 g/mol. The summed E-state index contributed by atoms with van der Waals surface area (Å²) in [5.74, 6) is 0.0136. The molecule has 0 amide bonds. The summed E-state index contributed by atoms with van der Waals surface area (Å²) in [6.45, 7) is 1.56. The predicted octanol–water partition coefficient (Wildman–Crippen LogP) is 2.44. The fourth-order valence-corrected chi connectivity index (χ4v) is 1.55. The topological polar surface area (TPSA) is 50.2 Å². The lowest BCUT2D eigenvalue weighted by atomic mass is 10.1. The van der Waals surface area contributed by atoms with Crippen LogP contribution in [0, 0.1) is 0 Å². The Hall–Kier alpha value is -2.00. The Morgan fingerprint density at radius 3 is 2.35 bits per heavy atom. The number of aliphatic hydroxyl groups is 1. The second-order valence-corrected chi connectivity index (χ2v) is 3.84. The summed E-state index contributed by atoms with van der Waals surface area (Å²) in [5.41, 5.74) is 3.27. The molecule has 0 saturated heterocycles. The molecule has 17 heavy (non-hydrogen) atoms. The number of Topliss-reactive ketones (excluding diaryl/α,β-unsaturated/α-hetero) is 1. The average molecular weight is 227 g/mol. The summed E-state index contributed by atoms with van der Waals surface area (Å²) in [5, 5.41) is 8.94. The lowest BCUT2D eigenvalue weighted by Gasteiger charge is -2.02. The summed E-state index contributed by atoms with van der Waals surface area (Å²) in [6.07, 6.45) is 1.58. The average Bonchev–Trinajstić information content (AvgIpc) is 2.39. The lowest BCUT2D eigenvalue weighted by molar-refractivity contribution is 0.101. The normalized spacial score (nSPS) is 10.2. The molecule has 2 aromatic rings. The molecule has 1 heterocycles. The summed E-state index contributed by atoms with van der Waals surface area (Å²) in [4.78, 5) is 15.4. The third kappa shape index (κ3) is 2.57. The number of nitrogens with zero attached hydrogens (tertiary/aromatic N) is 1. The molecule has 0 aliphatic rings. The molecular weight excluding hydrogens is 214 g/mol. The van der Waals surface area contributed by atoms with Gasteiger partial charge in [0.2, 0.25) is 0 Å². The fourth-order valence-electron chi connectivity index (χ4n) is 1.55. The van der Waals surface area contributed by atoms with Crippen molar-refractivity contribution >= 4 is 5.78 Å². The van der Waals surface area contributed by atoms with Crippen LogP contribution in [0.25, 0.3) is 11.3 Å². The molecule has 0 aliphatic carbocycles. The van der Waals surface area contributed by atoms with E-state index in [-0.39, 0.29) is 12.4 Å². The largest absolute Gasteiger partial charge is 0.392 e. The molecule has 0 spiro atoms. The van der Waals surface area contributed by atoms with E-state index in [4.69, 9.17) is 5.11 Å². The molecule has 1 aromatic heterocycles. The van der Waals surface area contributed by atoms with E-state index in [1.807, 2.05) is 30.3 Å². The van der Waals surface area contributed by atoms with Crippen molar-refractivity contribution in [3.8, 4) is 11.3 Å². The number of pyridine rings is 1. The molecule has 0 radical (unpaired) electrons. The number of hydrogen-bond donors (Lipinski definition) is 1. The van der Waals surface area contributed by atoms with E-state index in [1.54, 1.807) is 12.3 Å². The van der Waals surface area contributed by atoms with E-state index in [1.165, 1.54) is 6.92 Å². The van der Waals surface area contributed by atoms with Crippen LogP contribution < -0.4 is 0 Å². The third-order valence-electron chi connectivity index (χ3n) is 2.60. The number of aliphatic hydroxyl groups excluding tert-OH is 1. The molecule has 0 fully saturated rings. The molecule has 1 aromatic carbocycles. The highest BCUT2D eigenvalue weighted by atomic mass is 16.3. The van der Waals surface area contributed by atoms with Crippen LogP contribution in [-0.4, -0.2) is 15.9 Å². The van der Waals surface area contributed by atoms with E-state index in [0.717, 1.165) is 16.8 Å². The smallest absolute Gasteiger partial charge is 0.161 e. The van der Waals surface area contributed by atoms with Gasteiger partial charge >= 0.3 is 0 Å². The molecule has 2 rings (SSSR count). The van der Waals surface area contributed by atoms with Gasteiger partial charge in [-0.05, 0) is 24.6 Å². The number of rotatable bonds is 3. The van der Waals surface area contributed by atoms with E-state index in [2.05, 4.69) is 4.98 Å². The Kier molecular flexibility index (Phi) is 3.30. The van der Waals surface area contributed by atoms with Gasteiger partial charge in [0.25, 0.3) is 0 Å². The van der Waals surface area contributed by atoms with E-state index in [0.29, 0.717) is 5.56 Å². The lowest BCUT2D eigenvalue weighted by Crippen LogP contribution is -1.93. The van der Waals surface area contributed by atoms with Crippen molar-refractivity contribution in [1.29, 1.82) is 0 Å². The second-order valence-electron chi connectivity index (χ2n) is 3.84. The first kappa shape index (κ1) is 11.5. The number of carbonyl (C=O) groups is 1. The van der Waals surface area contributed by atoms with Gasteiger partial charge in [-0.1, -0.05) is 24.3 Å². The molecule has 0 unspecified atom stereocenters. The molecule has 0 atom stereocenters. The quantitative estimate of drug-likeness (QED) is 0.819. The van der Waals surface area contributed by atoms with Crippen molar-refractivity contribution in [2.24, 2.45) is 0 Å². The number of aromatic nitrogens is 1. The second kappa shape index (κ2) is 4.89.